The highest BCUT2D eigenvalue weighted by Crippen LogP contribution is 2.28. The molecule has 0 atom stereocenters. The Balaban J connectivity index is 1.63. The van der Waals surface area contributed by atoms with Gasteiger partial charge in [0.2, 0.25) is 0 Å². The van der Waals surface area contributed by atoms with Gasteiger partial charge in [-0.15, -0.1) is 0 Å². The Hall–Kier alpha value is -1.13. The van der Waals surface area contributed by atoms with E-state index in [-0.39, 0.29) is 0 Å². The third kappa shape index (κ3) is 4.71. The fourth-order valence-corrected chi connectivity index (χ4v) is 1.70. The minimum atomic E-state index is 0.584. The Labute approximate surface area is 103 Å². The van der Waals surface area contributed by atoms with E-state index in [1.807, 2.05) is 18.2 Å². The maximum absolute atomic E-state index is 5.64. The van der Waals surface area contributed by atoms with Gasteiger partial charge >= 0.3 is 0 Å². The molecular weight excluding hydrogens is 214 g/mol. The number of hydrogen-bond donors (Lipinski definition) is 1. The molecule has 0 aliphatic heterocycles. The minimum Gasteiger partial charge on any atom is -0.384 e. The average molecular weight is 235 g/mol. The smallest absolute Gasteiger partial charge is 0.123 e. The Morgan fingerprint density at radius 2 is 2.29 bits per heavy atom. The van der Waals surface area contributed by atoms with Crippen molar-refractivity contribution in [3.63, 3.8) is 0 Å². The van der Waals surface area contributed by atoms with Gasteiger partial charge in [-0.25, -0.2) is 4.98 Å². The molecule has 2 rings (SSSR count). The number of ether oxygens (including phenoxy) is 1. The number of aromatic nitrogens is 1. The highest BCUT2D eigenvalue weighted by Gasteiger charge is 2.20. The van der Waals surface area contributed by atoms with E-state index in [2.05, 4.69) is 16.9 Å². The van der Waals surface area contributed by atoms with Crippen LogP contribution in [0.25, 0.3) is 0 Å². The highest BCUT2D eigenvalue weighted by atomic mass is 16.5. The number of likely N-dealkylation sites (N-methyl/N-ethyl adjacent to an activating group) is 1. The van der Waals surface area contributed by atoms with Gasteiger partial charge in [-0.1, -0.05) is 6.07 Å². The van der Waals surface area contributed by atoms with Crippen LogP contribution in [0.15, 0.2) is 18.2 Å². The first-order valence-corrected chi connectivity index (χ1v) is 6.22. The lowest BCUT2D eigenvalue weighted by Gasteiger charge is -2.16. The SMILES string of the molecule is CN(CCOCC1CC1)Cc1cccc(N)n1. The molecule has 0 aromatic carbocycles. The molecule has 1 aliphatic carbocycles. The van der Waals surface area contributed by atoms with E-state index in [1.165, 1.54) is 12.8 Å². The molecule has 0 radical (unpaired) electrons. The molecule has 0 amide bonds. The number of nitrogen functional groups attached to an aromatic ring is 1. The molecule has 1 fully saturated rings. The van der Waals surface area contributed by atoms with Crippen molar-refractivity contribution in [2.24, 2.45) is 5.92 Å². The van der Waals surface area contributed by atoms with Crippen molar-refractivity contribution in [1.82, 2.24) is 9.88 Å². The molecule has 4 heteroatoms. The van der Waals surface area contributed by atoms with Gasteiger partial charge in [0.05, 0.1) is 12.3 Å². The van der Waals surface area contributed by atoms with E-state index in [0.29, 0.717) is 5.82 Å². The molecule has 1 saturated carbocycles. The van der Waals surface area contributed by atoms with Gasteiger partial charge in [-0.05, 0) is 37.9 Å². The topological polar surface area (TPSA) is 51.4 Å². The summed E-state index contributed by atoms with van der Waals surface area (Å²) >= 11 is 0. The lowest BCUT2D eigenvalue weighted by molar-refractivity contribution is 0.101. The summed E-state index contributed by atoms with van der Waals surface area (Å²) in [7, 11) is 2.07. The van der Waals surface area contributed by atoms with Crippen molar-refractivity contribution in [3.8, 4) is 0 Å². The van der Waals surface area contributed by atoms with E-state index in [9.17, 15) is 0 Å². The predicted molar refractivity (Wildman–Crippen MR) is 68.5 cm³/mol. The molecular formula is C13H21N3O. The van der Waals surface area contributed by atoms with Crippen LogP contribution in [0.1, 0.15) is 18.5 Å². The van der Waals surface area contributed by atoms with Crippen LogP contribution in [0.3, 0.4) is 0 Å². The van der Waals surface area contributed by atoms with Crippen molar-refractivity contribution in [3.05, 3.63) is 23.9 Å². The predicted octanol–water partition coefficient (Wildman–Crippen LogP) is 1.52. The number of anilines is 1. The van der Waals surface area contributed by atoms with Crippen molar-refractivity contribution >= 4 is 5.82 Å². The van der Waals surface area contributed by atoms with Crippen LogP contribution >= 0.6 is 0 Å². The normalized spacial score (nSPS) is 15.4. The fraction of sp³-hybridized carbons (Fsp3) is 0.615. The maximum Gasteiger partial charge on any atom is 0.123 e. The number of nitrogens with two attached hydrogens (primary N) is 1. The number of nitrogens with zero attached hydrogens (tertiary/aromatic N) is 2. The quantitative estimate of drug-likeness (QED) is 0.728. The molecule has 1 aromatic rings. The summed E-state index contributed by atoms with van der Waals surface area (Å²) in [4.78, 5) is 6.48. The van der Waals surface area contributed by atoms with E-state index < -0.39 is 0 Å². The number of pyridine rings is 1. The van der Waals surface area contributed by atoms with Crippen LogP contribution in [0.2, 0.25) is 0 Å². The van der Waals surface area contributed by atoms with Gasteiger partial charge in [-0.3, -0.25) is 4.90 Å². The van der Waals surface area contributed by atoms with Crippen molar-refractivity contribution < 1.29 is 4.74 Å². The first-order chi connectivity index (χ1) is 8.24. The van der Waals surface area contributed by atoms with Crippen LogP contribution in [0.5, 0.6) is 0 Å². The van der Waals surface area contributed by atoms with Crippen LogP contribution in [0, 0.1) is 5.92 Å². The summed E-state index contributed by atoms with van der Waals surface area (Å²) in [5.74, 6) is 1.43. The van der Waals surface area contributed by atoms with Crippen molar-refractivity contribution in [1.29, 1.82) is 0 Å². The number of rotatable bonds is 7. The van der Waals surface area contributed by atoms with Gasteiger partial charge in [-0.2, -0.15) is 0 Å². The molecule has 1 aliphatic rings. The first-order valence-electron chi connectivity index (χ1n) is 6.22. The molecule has 94 valence electrons. The molecule has 1 heterocycles. The first kappa shape index (κ1) is 12.3. The fourth-order valence-electron chi connectivity index (χ4n) is 1.70. The second-order valence-electron chi connectivity index (χ2n) is 4.81. The van der Waals surface area contributed by atoms with E-state index >= 15 is 0 Å². The molecule has 4 nitrogen and oxygen atoms in total. The average Bonchev–Trinajstić information content (AvgIpc) is 3.08. The number of hydrogen-bond acceptors (Lipinski definition) is 4. The molecule has 1 aromatic heterocycles. The lowest BCUT2D eigenvalue weighted by atomic mass is 10.3. The summed E-state index contributed by atoms with van der Waals surface area (Å²) < 4.78 is 5.60. The highest BCUT2D eigenvalue weighted by molar-refractivity contribution is 5.28. The summed E-state index contributed by atoms with van der Waals surface area (Å²) in [6.45, 7) is 3.49. The van der Waals surface area contributed by atoms with Crippen LogP contribution in [-0.2, 0) is 11.3 Å². The van der Waals surface area contributed by atoms with Crippen LogP contribution < -0.4 is 5.73 Å². The minimum absolute atomic E-state index is 0.584. The largest absolute Gasteiger partial charge is 0.384 e. The Kier molecular flexibility index (Phi) is 4.34. The lowest BCUT2D eigenvalue weighted by Crippen LogP contribution is -2.23. The van der Waals surface area contributed by atoms with E-state index in [0.717, 1.165) is 37.9 Å². The zero-order chi connectivity index (χ0) is 12.1. The molecule has 17 heavy (non-hydrogen) atoms. The molecule has 0 saturated heterocycles. The Morgan fingerprint density at radius 3 is 3.00 bits per heavy atom. The summed E-state index contributed by atoms with van der Waals surface area (Å²) in [5.41, 5.74) is 6.65. The zero-order valence-electron chi connectivity index (χ0n) is 10.4. The monoisotopic (exact) mass is 235 g/mol. The Bertz CT molecular complexity index is 352. The van der Waals surface area contributed by atoms with Gasteiger partial charge in [0.25, 0.3) is 0 Å². The third-order valence-electron chi connectivity index (χ3n) is 2.93. The third-order valence-corrected chi connectivity index (χ3v) is 2.93. The van der Waals surface area contributed by atoms with Crippen LogP contribution in [0.4, 0.5) is 5.82 Å². The molecule has 0 unspecified atom stereocenters. The van der Waals surface area contributed by atoms with Crippen LogP contribution in [-0.4, -0.2) is 36.7 Å². The second-order valence-corrected chi connectivity index (χ2v) is 4.81. The van der Waals surface area contributed by atoms with E-state index in [1.54, 1.807) is 0 Å². The summed E-state index contributed by atoms with van der Waals surface area (Å²) in [6, 6.07) is 5.75. The van der Waals surface area contributed by atoms with Gasteiger partial charge < -0.3 is 10.5 Å². The van der Waals surface area contributed by atoms with Gasteiger partial charge in [0.1, 0.15) is 5.82 Å². The zero-order valence-corrected chi connectivity index (χ0v) is 10.4. The summed E-state index contributed by atoms with van der Waals surface area (Å²) in [5, 5.41) is 0. The summed E-state index contributed by atoms with van der Waals surface area (Å²) in [6.07, 6.45) is 2.70. The van der Waals surface area contributed by atoms with Crippen molar-refractivity contribution in [2.75, 3.05) is 32.5 Å². The van der Waals surface area contributed by atoms with Gasteiger partial charge in [0, 0.05) is 19.7 Å². The molecule has 2 N–H and O–H groups in total. The standard InChI is InChI=1S/C13H21N3O/c1-16(7-8-17-10-11-5-6-11)9-12-3-2-4-13(14)15-12/h2-4,11H,5-10H2,1H3,(H2,14,15). The Morgan fingerprint density at radius 1 is 1.47 bits per heavy atom. The van der Waals surface area contributed by atoms with Crippen molar-refractivity contribution in [2.45, 2.75) is 19.4 Å². The molecule has 0 bridgehead atoms. The second kappa shape index (κ2) is 5.98. The van der Waals surface area contributed by atoms with E-state index in [4.69, 9.17) is 10.5 Å². The van der Waals surface area contributed by atoms with Gasteiger partial charge in [0.15, 0.2) is 0 Å². The maximum atomic E-state index is 5.64. The molecule has 0 spiro atoms.